The van der Waals surface area contributed by atoms with Crippen molar-refractivity contribution in [3.63, 3.8) is 0 Å². The number of aryl methyl sites for hydroxylation is 2. The van der Waals surface area contributed by atoms with E-state index in [9.17, 15) is 9.59 Å². The summed E-state index contributed by atoms with van der Waals surface area (Å²) in [6, 6.07) is 0. The van der Waals surface area contributed by atoms with Crippen LogP contribution in [-0.4, -0.2) is 30.6 Å². The molecule has 0 saturated carbocycles. The average Bonchev–Trinajstić information content (AvgIpc) is 3.01. The fourth-order valence-corrected chi connectivity index (χ4v) is 2.06. The molecule has 3 rings (SSSR count). The van der Waals surface area contributed by atoms with Crippen molar-refractivity contribution >= 4 is 11.6 Å². The maximum Gasteiger partial charge on any atom is 0.293 e. The molecule has 0 unspecified atom stereocenters. The van der Waals surface area contributed by atoms with Crippen LogP contribution in [0.2, 0.25) is 0 Å². The van der Waals surface area contributed by atoms with E-state index >= 15 is 0 Å². The van der Waals surface area contributed by atoms with E-state index < -0.39 is 0 Å². The molecule has 0 saturated heterocycles. The number of rotatable bonds is 3. The van der Waals surface area contributed by atoms with Crippen LogP contribution in [0.15, 0.2) is 21.7 Å². The topological polar surface area (TPSA) is 118 Å². The predicted molar refractivity (Wildman–Crippen MR) is 70.8 cm³/mol. The summed E-state index contributed by atoms with van der Waals surface area (Å²) in [5, 5.41) is 14.1. The Morgan fingerprint density at radius 1 is 1.43 bits per heavy atom. The Morgan fingerprint density at radius 2 is 2.24 bits per heavy atom. The largest absolute Gasteiger partial charge is 0.361 e. The van der Waals surface area contributed by atoms with E-state index in [1.807, 2.05) is 0 Å². The van der Waals surface area contributed by atoms with Gasteiger partial charge in [0.1, 0.15) is 11.3 Å². The number of carbonyl (C=O) groups is 1. The molecule has 3 heterocycles. The number of fused-ring (bicyclic) bond motifs is 1. The molecule has 0 atom stereocenters. The van der Waals surface area contributed by atoms with Gasteiger partial charge in [-0.2, -0.15) is 0 Å². The summed E-state index contributed by atoms with van der Waals surface area (Å²) in [6.45, 7) is 3.49. The fraction of sp³-hybridized carbons (Fsp3) is 0.250. The molecule has 0 fully saturated rings. The van der Waals surface area contributed by atoms with E-state index in [4.69, 9.17) is 4.52 Å². The van der Waals surface area contributed by atoms with Gasteiger partial charge in [0.05, 0.1) is 12.2 Å². The third-order valence-corrected chi connectivity index (χ3v) is 3.08. The van der Waals surface area contributed by atoms with Crippen LogP contribution in [0.5, 0.6) is 0 Å². The van der Waals surface area contributed by atoms with Crippen molar-refractivity contribution < 1.29 is 9.32 Å². The Morgan fingerprint density at radius 3 is 2.95 bits per heavy atom. The first-order chi connectivity index (χ1) is 10.1. The lowest BCUT2D eigenvalue weighted by Crippen LogP contribution is -2.25. The number of H-pyrrole nitrogens is 1. The molecule has 3 aromatic rings. The first kappa shape index (κ1) is 13.0. The molecule has 0 radical (unpaired) electrons. The highest BCUT2D eigenvalue weighted by Gasteiger charge is 2.18. The number of amides is 1. The van der Waals surface area contributed by atoms with Gasteiger partial charge in [-0.15, -0.1) is 10.2 Å². The van der Waals surface area contributed by atoms with E-state index in [1.54, 1.807) is 20.0 Å². The number of aromatic nitrogens is 5. The lowest BCUT2D eigenvalue weighted by atomic mass is 10.2. The first-order valence-electron chi connectivity index (χ1n) is 6.20. The van der Waals surface area contributed by atoms with E-state index in [-0.39, 0.29) is 23.7 Å². The van der Waals surface area contributed by atoms with Gasteiger partial charge in [-0.3, -0.25) is 14.0 Å². The van der Waals surface area contributed by atoms with Crippen LogP contribution in [0.4, 0.5) is 0 Å². The number of nitrogens with one attached hydrogen (secondary N) is 2. The summed E-state index contributed by atoms with van der Waals surface area (Å²) in [4.78, 5) is 26.1. The molecule has 0 aromatic carbocycles. The monoisotopic (exact) mass is 288 g/mol. The van der Waals surface area contributed by atoms with E-state index in [0.29, 0.717) is 22.8 Å². The smallest absolute Gasteiger partial charge is 0.293 e. The molecule has 0 aliphatic rings. The van der Waals surface area contributed by atoms with E-state index in [1.165, 1.54) is 10.6 Å². The molecule has 0 aliphatic heterocycles. The number of nitrogens with zero attached hydrogens (tertiary/aromatic N) is 4. The second kappa shape index (κ2) is 4.85. The molecule has 9 heteroatoms. The Labute approximate surface area is 118 Å². The van der Waals surface area contributed by atoms with E-state index in [0.717, 1.165) is 0 Å². The van der Waals surface area contributed by atoms with Gasteiger partial charge in [-0.25, -0.2) is 0 Å². The van der Waals surface area contributed by atoms with Gasteiger partial charge in [0, 0.05) is 12.4 Å². The zero-order valence-corrected chi connectivity index (χ0v) is 11.4. The lowest BCUT2D eigenvalue weighted by Gasteiger charge is -2.03. The van der Waals surface area contributed by atoms with Crippen LogP contribution < -0.4 is 10.9 Å². The van der Waals surface area contributed by atoms with Crippen molar-refractivity contribution in [1.82, 2.24) is 30.1 Å². The normalized spacial score (nSPS) is 11.0. The number of aromatic amines is 1. The molecular formula is C12H12N6O3. The molecule has 1 amide bonds. The standard InChI is InChI=1S/C12H12N6O3/c1-6-9(7(2)21-17-6)11(19)14-5-8-15-16-10-12(20)13-3-4-18(8)10/h3-4H,5H2,1-2H3,(H,13,20)(H,14,19). The minimum Gasteiger partial charge on any atom is -0.361 e. The molecule has 0 bridgehead atoms. The summed E-state index contributed by atoms with van der Waals surface area (Å²) in [7, 11) is 0. The number of carbonyl (C=O) groups excluding carboxylic acids is 1. The Kier molecular flexibility index (Phi) is 3.01. The van der Waals surface area contributed by atoms with Crippen LogP contribution in [0, 0.1) is 13.8 Å². The molecule has 108 valence electrons. The highest BCUT2D eigenvalue weighted by molar-refractivity contribution is 5.95. The van der Waals surface area contributed by atoms with Gasteiger partial charge in [0.2, 0.25) is 5.65 Å². The highest BCUT2D eigenvalue weighted by Crippen LogP contribution is 2.11. The Bertz CT molecular complexity index is 855. The second-order valence-electron chi connectivity index (χ2n) is 4.48. The van der Waals surface area contributed by atoms with Gasteiger partial charge in [0.25, 0.3) is 11.5 Å². The summed E-state index contributed by atoms with van der Waals surface area (Å²) in [6.07, 6.45) is 3.10. The Hall–Kier alpha value is -2.97. The third-order valence-electron chi connectivity index (χ3n) is 3.08. The Balaban J connectivity index is 1.83. The molecule has 0 spiro atoms. The van der Waals surface area contributed by atoms with Gasteiger partial charge in [-0.05, 0) is 13.8 Å². The van der Waals surface area contributed by atoms with E-state index in [2.05, 4.69) is 25.7 Å². The van der Waals surface area contributed by atoms with Crippen LogP contribution in [0.25, 0.3) is 5.65 Å². The predicted octanol–water partition coefficient (Wildman–Crippen LogP) is -0.0476. The van der Waals surface area contributed by atoms with Crippen molar-refractivity contribution in [2.24, 2.45) is 0 Å². The molecule has 0 aliphatic carbocycles. The summed E-state index contributed by atoms with van der Waals surface area (Å²) in [5.41, 5.74) is 0.765. The summed E-state index contributed by atoms with van der Waals surface area (Å²) >= 11 is 0. The molecule has 9 nitrogen and oxygen atoms in total. The van der Waals surface area contributed by atoms with Gasteiger partial charge in [-0.1, -0.05) is 5.16 Å². The van der Waals surface area contributed by atoms with Crippen LogP contribution in [-0.2, 0) is 6.54 Å². The summed E-state index contributed by atoms with van der Waals surface area (Å²) < 4.78 is 6.47. The minimum absolute atomic E-state index is 0.132. The van der Waals surface area contributed by atoms with Crippen molar-refractivity contribution in [3.8, 4) is 0 Å². The third kappa shape index (κ3) is 2.18. The number of hydrogen-bond donors (Lipinski definition) is 2. The maximum absolute atomic E-state index is 12.1. The zero-order valence-electron chi connectivity index (χ0n) is 11.4. The first-order valence-corrected chi connectivity index (χ1v) is 6.20. The quantitative estimate of drug-likeness (QED) is 0.697. The highest BCUT2D eigenvalue weighted by atomic mass is 16.5. The van der Waals surface area contributed by atoms with Crippen LogP contribution in [0.1, 0.15) is 27.6 Å². The summed E-state index contributed by atoms with van der Waals surface area (Å²) in [5.74, 6) is 0.594. The van der Waals surface area contributed by atoms with Gasteiger partial charge in [0.15, 0.2) is 5.82 Å². The second-order valence-corrected chi connectivity index (χ2v) is 4.48. The molecule has 2 N–H and O–H groups in total. The van der Waals surface area contributed by atoms with Crippen LogP contribution >= 0.6 is 0 Å². The zero-order chi connectivity index (χ0) is 15.0. The fourth-order valence-electron chi connectivity index (χ4n) is 2.06. The van der Waals surface area contributed by atoms with Gasteiger partial charge >= 0.3 is 0 Å². The lowest BCUT2D eigenvalue weighted by molar-refractivity contribution is 0.0947. The van der Waals surface area contributed by atoms with Crippen molar-refractivity contribution in [1.29, 1.82) is 0 Å². The molecular weight excluding hydrogens is 276 g/mol. The SMILES string of the molecule is Cc1noc(C)c1C(=O)NCc1nnc2c(=O)[nH]ccn12. The van der Waals surface area contributed by atoms with Crippen molar-refractivity contribution in [2.75, 3.05) is 0 Å². The van der Waals surface area contributed by atoms with Crippen molar-refractivity contribution in [3.05, 3.63) is 45.6 Å². The maximum atomic E-state index is 12.1. The van der Waals surface area contributed by atoms with Gasteiger partial charge < -0.3 is 14.8 Å². The molecule has 21 heavy (non-hydrogen) atoms. The van der Waals surface area contributed by atoms with Crippen LogP contribution in [0.3, 0.4) is 0 Å². The molecule has 3 aromatic heterocycles. The van der Waals surface area contributed by atoms with Crippen molar-refractivity contribution in [2.45, 2.75) is 20.4 Å². The number of hydrogen-bond acceptors (Lipinski definition) is 6. The average molecular weight is 288 g/mol. The minimum atomic E-state index is -0.340.